The summed E-state index contributed by atoms with van der Waals surface area (Å²) in [5.74, 6) is -1.08. The first-order valence-corrected chi connectivity index (χ1v) is 13.0. The second kappa shape index (κ2) is 8.38. The molecule has 0 aromatic carbocycles. The summed E-state index contributed by atoms with van der Waals surface area (Å²) >= 11 is 7.75. The van der Waals surface area contributed by atoms with Crippen molar-refractivity contribution in [2.45, 2.75) is 68.0 Å². The molecule has 0 amide bonds. The fraction of sp³-hybridized carbons (Fsp3) is 0.708. The second-order valence-corrected chi connectivity index (χ2v) is 12.4. The predicted molar refractivity (Wildman–Crippen MR) is 127 cm³/mol. The van der Waals surface area contributed by atoms with Crippen molar-refractivity contribution in [3.63, 3.8) is 0 Å². The smallest absolute Gasteiger partial charge is 0.351 e. The highest BCUT2D eigenvalue weighted by Crippen LogP contribution is 2.68. The lowest BCUT2D eigenvalue weighted by Gasteiger charge is -2.59. The number of aliphatic hydroxyl groups excluding tert-OH is 1. The molecule has 0 radical (unpaired) electrons. The van der Waals surface area contributed by atoms with Crippen LogP contribution in [0.15, 0.2) is 23.8 Å². The number of hydrogen-bond acceptors (Lipinski definition) is 6. The van der Waals surface area contributed by atoms with Crippen molar-refractivity contribution in [1.29, 1.82) is 0 Å². The highest BCUT2D eigenvalue weighted by atomic mass is 127. The number of hydrogen-bond donors (Lipinski definition) is 1. The van der Waals surface area contributed by atoms with E-state index in [9.17, 15) is 19.5 Å². The van der Waals surface area contributed by atoms with Crippen molar-refractivity contribution >= 4 is 51.9 Å². The predicted octanol–water partition coefficient (Wildman–Crippen LogP) is 4.11. The van der Waals surface area contributed by atoms with Gasteiger partial charge in [0, 0.05) is 16.7 Å². The third-order valence-corrected chi connectivity index (χ3v) is 9.36. The lowest BCUT2D eigenvalue weighted by Crippen LogP contribution is -2.63. The van der Waals surface area contributed by atoms with E-state index < -0.39 is 37.9 Å². The van der Waals surface area contributed by atoms with Gasteiger partial charge in [0.25, 0.3) is 0 Å². The van der Waals surface area contributed by atoms with Gasteiger partial charge in [-0.15, -0.1) is 0 Å². The molecular formula is C24H30ClIO6. The monoisotopic (exact) mass is 576 g/mol. The average Bonchev–Trinajstić information content (AvgIpc) is 3.01. The maximum atomic E-state index is 13.3. The van der Waals surface area contributed by atoms with Gasteiger partial charge in [-0.3, -0.25) is 4.79 Å². The molecule has 8 atom stereocenters. The van der Waals surface area contributed by atoms with E-state index >= 15 is 0 Å². The summed E-state index contributed by atoms with van der Waals surface area (Å²) in [5.41, 5.74) is -1.56. The zero-order valence-electron chi connectivity index (χ0n) is 18.6. The molecule has 1 N–H and O–H groups in total. The van der Waals surface area contributed by atoms with Crippen molar-refractivity contribution in [2.75, 3.05) is 6.61 Å². The van der Waals surface area contributed by atoms with E-state index in [4.69, 9.17) is 21.1 Å². The Morgan fingerprint density at radius 2 is 2.06 bits per heavy atom. The van der Waals surface area contributed by atoms with Crippen LogP contribution in [-0.4, -0.2) is 44.5 Å². The quantitative estimate of drug-likeness (QED) is 0.308. The molecular weight excluding hydrogens is 547 g/mol. The third kappa shape index (κ3) is 3.40. The van der Waals surface area contributed by atoms with Crippen LogP contribution in [0.3, 0.4) is 0 Å². The summed E-state index contributed by atoms with van der Waals surface area (Å²) < 4.78 is 10.4. The molecule has 32 heavy (non-hydrogen) atoms. The van der Waals surface area contributed by atoms with Crippen molar-refractivity contribution in [2.24, 2.45) is 28.6 Å². The first-order chi connectivity index (χ1) is 15.0. The van der Waals surface area contributed by atoms with Crippen molar-refractivity contribution in [3.05, 3.63) is 23.8 Å². The number of esters is 2. The Balaban J connectivity index is 1.75. The lowest BCUT2D eigenvalue weighted by molar-refractivity contribution is -0.211. The van der Waals surface area contributed by atoms with Gasteiger partial charge in [-0.25, -0.2) is 9.59 Å². The first-order valence-electron chi connectivity index (χ1n) is 11.3. The number of ketones is 1. The van der Waals surface area contributed by atoms with Crippen LogP contribution in [0, 0.1) is 28.6 Å². The maximum Gasteiger partial charge on any atom is 0.351 e. The molecule has 0 bridgehead atoms. The van der Waals surface area contributed by atoms with Crippen LogP contribution in [0.1, 0.15) is 52.9 Å². The summed E-state index contributed by atoms with van der Waals surface area (Å²) in [6.07, 6.45) is 7.51. The van der Waals surface area contributed by atoms with E-state index in [-0.39, 0.29) is 30.1 Å². The number of carbonyl (C=O) groups is 3. The number of allylic oxidation sites excluding steroid dienone is 4. The van der Waals surface area contributed by atoms with E-state index in [1.54, 1.807) is 41.7 Å². The molecule has 0 saturated heterocycles. The molecule has 4 aliphatic rings. The number of rotatable bonds is 4. The SMILES string of the molecule is CCOC(=O)[C@@]1(OC(=O)C(Cl)I)CC[C@H]2[C@@H]3CCC4=CC(=O)C=C[C@]4(C)[C@H]3[C@@H](O)C[C@@]21C. The van der Waals surface area contributed by atoms with Gasteiger partial charge in [0.15, 0.2) is 9.17 Å². The second-order valence-electron chi connectivity index (χ2n) is 10.0. The summed E-state index contributed by atoms with van der Waals surface area (Å²) in [6, 6.07) is 0. The van der Waals surface area contributed by atoms with Gasteiger partial charge < -0.3 is 14.6 Å². The molecule has 0 aromatic heterocycles. The Kier molecular flexibility index (Phi) is 6.34. The summed E-state index contributed by atoms with van der Waals surface area (Å²) in [7, 11) is 0. The summed E-state index contributed by atoms with van der Waals surface area (Å²) in [6.45, 7) is 5.96. The van der Waals surface area contributed by atoms with E-state index in [1.807, 2.05) is 13.0 Å². The van der Waals surface area contributed by atoms with Crippen LogP contribution in [0.4, 0.5) is 0 Å². The molecule has 4 rings (SSSR count). The number of carbonyl (C=O) groups excluding carboxylic acids is 3. The van der Waals surface area contributed by atoms with Crippen LogP contribution in [0.2, 0.25) is 0 Å². The molecule has 6 nitrogen and oxygen atoms in total. The van der Waals surface area contributed by atoms with E-state index in [1.165, 1.54) is 0 Å². The maximum absolute atomic E-state index is 13.3. The molecule has 0 spiro atoms. The van der Waals surface area contributed by atoms with Crippen molar-refractivity contribution in [1.82, 2.24) is 0 Å². The lowest BCUT2D eigenvalue weighted by atomic mass is 9.46. The Labute approximate surface area is 207 Å². The Hall–Kier alpha value is -0.930. The van der Waals surface area contributed by atoms with Crippen LogP contribution in [0.5, 0.6) is 0 Å². The van der Waals surface area contributed by atoms with Crippen molar-refractivity contribution in [3.8, 4) is 0 Å². The fourth-order valence-corrected chi connectivity index (χ4v) is 7.49. The number of fused-ring (bicyclic) bond motifs is 5. The van der Waals surface area contributed by atoms with E-state index in [0.717, 1.165) is 18.4 Å². The van der Waals surface area contributed by atoms with Gasteiger partial charge in [0.1, 0.15) is 0 Å². The molecule has 3 fully saturated rings. The van der Waals surface area contributed by atoms with E-state index in [0.29, 0.717) is 19.3 Å². The Morgan fingerprint density at radius 1 is 1.34 bits per heavy atom. The molecule has 3 saturated carbocycles. The molecule has 8 heteroatoms. The van der Waals surface area contributed by atoms with Crippen LogP contribution >= 0.6 is 34.2 Å². The number of aliphatic hydroxyl groups is 1. The molecule has 0 aliphatic heterocycles. The zero-order chi connectivity index (χ0) is 23.5. The minimum atomic E-state index is -1.47. The van der Waals surface area contributed by atoms with Crippen LogP contribution < -0.4 is 0 Å². The summed E-state index contributed by atoms with van der Waals surface area (Å²) in [4.78, 5) is 37.9. The molecule has 0 aromatic rings. The largest absolute Gasteiger partial charge is 0.463 e. The molecule has 176 valence electrons. The highest BCUT2D eigenvalue weighted by Gasteiger charge is 2.71. The first kappa shape index (κ1) is 24.2. The van der Waals surface area contributed by atoms with Gasteiger partial charge in [0.05, 0.1) is 12.7 Å². The number of ether oxygens (including phenoxy) is 2. The molecule has 4 aliphatic carbocycles. The Bertz CT molecular complexity index is 899. The minimum absolute atomic E-state index is 0.00500. The number of halogens is 2. The minimum Gasteiger partial charge on any atom is -0.463 e. The average molecular weight is 577 g/mol. The molecule has 0 heterocycles. The third-order valence-electron chi connectivity index (χ3n) is 8.67. The van der Waals surface area contributed by atoms with Gasteiger partial charge >= 0.3 is 11.9 Å². The topological polar surface area (TPSA) is 89.9 Å². The fourth-order valence-electron chi connectivity index (χ4n) is 7.32. The Morgan fingerprint density at radius 3 is 2.72 bits per heavy atom. The van der Waals surface area contributed by atoms with Gasteiger partial charge in [0.2, 0.25) is 5.60 Å². The number of alkyl halides is 2. The summed E-state index contributed by atoms with van der Waals surface area (Å²) in [5, 5.41) is 11.5. The van der Waals surface area contributed by atoms with Crippen LogP contribution in [0.25, 0.3) is 0 Å². The van der Waals surface area contributed by atoms with Crippen LogP contribution in [-0.2, 0) is 23.9 Å². The normalized spacial score (nSPS) is 43.4. The van der Waals surface area contributed by atoms with Gasteiger partial charge in [-0.2, -0.15) is 0 Å². The van der Waals surface area contributed by atoms with E-state index in [2.05, 4.69) is 6.92 Å². The zero-order valence-corrected chi connectivity index (χ0v) is 21.5. The highest BCUT2D eigenvalue weighted by molar-refractivity contribution is 14.1. The standard InChI is InChI=1S/C24H30ClIO6/c1-4-31-21(30)24(32-20(29)19(25)26)10-8-16-15-6-5-13-11-14(27)7-9-22(13,2)18(15)17(28)12-23(16,24)3/h7,9,11,15-19,28H,4-6,8,10,12H2,1-3H3/t15-,16-,17-,18+,19?,22-,23-,24-/m0/s1. The van der Waals surface area contributed by atoms with Gasteiger partial charge in [-0.05, 0) is 63.0 Å². The van der Waals surface area contributed by atoms with Gasteiger partial charge in [-0.1, -0.05) is 59.7 Å². The molecule has 1 unspecified atom stereocenters. The van der Waals surface area contributed by atoms with Crippen molar-refractivity contribution < 1.29 is 29.0 Å².